The summed E-state index contributed by atoms with van der Waals surface area (Å²) < 4.78 is 45.2. The third-order valence-electron chi connectivity index (χ3n) is 4.64. The Bertz CT molecular complexity index is 1530. The number of para-hydroxylation sites is 1. The molecule has 3 aromatic carbocycles. The molecule has 4 aromatic rings. The van der Waals surface area contributed by atoms with Crippen molar-refractivity contribution in [2.24, 2.45) is 0 Å². The second-order valence-electron chi connectivity index (χ2n) is 6.78. The number of carbonyl (C=O) groups is 1. The highest BCUT2D eigenvalue weighted by atomic mass is 35.5. The smallest absolute Gasteiger partial charge is 0.416 e. The van der Waals surface area contributed by atoms with E-state index in [-0.39, 0.29) is 27.1 Å². The quantitative estimate of drug-likeness (QED) is 0.215. The normalized spacial score (nSPS) is 11.6. The minimum Gasteiger partial charge on any atom is -0.456 e. The number of ether oxygens (including phenoxy) is 1. The highest BCUT2D eigenvalue weighted by molar-refractivity contribution is 7.16. The van der Waals surface area contributed by atoms with E-state index in [0.29, 0.717) is 10.8 Å². The lowest BCUT2D eigenvalue weighted by Gasteiger charge is -2.12. The number of benzene rings is 3. The van der Waals surface area contributed by atoms with Crippen LogP contribution in [0.15, 0.2) is 59.4 Å². The topological polar surface area (TPSA) is 91.4 Å². The Morgan fingerprint density at radius 3 is 2.44 bits per heavy atom. The van der Waals surface area contributed by atoms with Crippen LogP contribution in [0.3, 0.4) is 0 Å². The summed E-state index contributed by atoms with van der Waals surface area (Å²) >= 11 is 12.8. The molecule has 34 heavy (non-hydrogen) atoms. The van der Waals surface area contributed by atoms with E-state index in [9.17, 15) is 32.9 Å². The molecule has 0 aliphatic heterocycles. The van der Waals surface area contributed by atoms with Crippen molar-refractivity contribution in [2.75, 3.05) is 0 Å². The van der Waals surface area contributed by atoms with Gasteiger partial charge < -0.3 is 4.74 Å². The molecule has 174 valence electrons. The number of hydrogen-bond donors (Lipinski definition) is 0. The Hall–Kier alpha value is -3.41. The number of carbonyl (C=O) groups excluding carboxylic acids is 1. The Morgan fingerprint density at radius 1 is 1.06 bits per heavy atom. The molecule has 0 amide bonds. The Kier molecular flexibility index (Phi) is 6.11. The fourth-order valence-corrected chi connectivity index (χ4v) is 4.56. The highest BCUT2D eigenvalue weighted by Crippen LogP contribution is 2.37. The Morgan fingerprint density at radius 2 is 1.79 bits per heavy atom. The third-order valence-corrected chi connectivity index (χ3v) is 6.15. The first-order valence-corrected chi connectivity index (χ1v) is 10.7. The molecule has 0 radical (unpaired) electrons. The van der Waals surface area contributed by atoms with Crippen molar-refractivity contribution in [3.05, 3.63) is 95.6 Å². The molecular weight excluding hydrogens is 520 g/mol. The van der Waals surface area contributed by atoms with Crippen LogP contribution in [0.2, 0.25) is 10.0 Å². The van der Waals surface area contributed by atoms with Crippen molar-refractivity contribution in [3.8, 4) is 11.5 Å². The molecule has 13 heteroatoms. The number of thiazole rings is 1. The lowest BCUT2D eigenvalue weighted by Crippen LogP contribution is -2.23. The van der Waals surface area contributed by atoms with Gasteiger partial charge in [-0.15, -0.1) is 0 Å². The number of halogens is 5. The first kappa shape index (κ1) is 23.7. The van der Waals surface area contributed by atoms with E-state index in [2.05, 4.69) is 0 Å². The van der Waals surface area contributed by atoms with Crippen LogP contribution >= 0.6 is 34.5 Å². The standard InChI is InChI=1S/C21H9Cl2F3N2O5S/c22-13-2-1-3-17-18(13)27(20(30)34-17)19(29)12-9-11(5-6-15(12)28(31)32)33-16-7-4-10(8-14(16)23)21(24,25)26/h1-9H. The fourth-order valence-electron chi connectivity index (χ4n) is 3.13. The maximum absolute atomic E-state index is 13.2. The predicted molar refractivity (Wildman–Crippen MR) is 120 cm³/mol. The second-order valence-corrected chi connectivity index (χ2v) is 8.58. The van der Waals surface area contributed by atoms with E-state index in [4.69, 9.17) is 27.9 Å². The Labute approximate surface area is 201 Å². The summed E-state index contributed by atoms with van der Waals surface area (Å²) in [6.45, 7) is 0. The van der Waals surface area contributed by atoms with E-state index in [1.54, 1.807) is 12.1 Å². The largest absolute Gasteiger partial charge is 0.456 e. The van der Waals surface area contributed by atoms with Crippen LogP contribution in [0.25, 0.3) is 10.2 Å². The lowest BCUT2D eigenvalue weighted by atomic mass is 10.1. The Balaban J connectivity index is 1.79. The average Bonchev–Trinajstić information content (AvgIpc) is 3.10. The van der Waals surface area contributed by atoms with E-state index in [1.165, 1.54) is 6.07 Å². The summed E-state index contributed by atoms with van der Waals surface area (Å²) in [5.41, 5.74) is -2.01. The van der Waals surface area contributed by atoms with Gasteiger partial charge in [-0.2, -0.15) is 13.2 Å². The van der Waals surface area contributed by atoms with Gasteiger partial charge in [0.25, 0.3) is 11.6 Å². The van der Waals surface area contributed by atoms with Crippen molar-refractivity contribution >= 4 is 56.3 Å². The summed E-state index contributed by atoms with van der Waals surface area (Å²) in [6.07, 6.45) is -4.62. The number of fused-ring (bicyclic) bond motifs is 1. The van der Waals surface area contributed by atoms with Crippen molar-refractivity contribution in [1.82, 2.24) is 4.57 Å². The van der Waals surface area contributed by atoms with Crippen LogP contribution < -0.4 is 9.61 Å². The number of rotatable bonds is 4. The van der Waals surface area contributed by atoms with Crippen molar-refractivity contribution < 1.29 is 27.6 Å². The second kappa shape index (κ2) is 8.75. The molecule has 0 saturated heterocycles. The van der Waals surface area contributed by atoms with Gasteiger partial charge in [0, 0.05) is 12.1 Å². The molecule has 0 unspecified atom stereocenters. The van der Waals surface area contributed by atoms with Crippen LogP contribution in [0.1, 0.15) is 15.9 Å². The van der Waals surface area contributed by atoms with Crippen LogP contribution in [-0.4, -0.2) is 15.4 Å². The zero-order chi connectivity index (χ0) is 24.8. The summed E-state index contributed by atoms with van der Waals surface area (Å²) in [5.74, 6) is -1.34. The molecule has 0 aliphatic rings. The molecule has 7 nitrogen and oxygen atoms in total. The van der Waals surface area contributed by atoms with Gasteiger partial charge in [-0.1, -0.05) is 40.6 Å². The molecule has 0 bridgehead atoms. The van der Waals surface area contributed by atoms with Crippen LogP contribution in [0, 0.1) is 10.1 Å². The number of nitro groups is 1. The van der Waals surface area contributed by atoms with Crippen LogP contribution in [0.5, 0.6) is 11.5 Å². The van der Waals surface area contributed by atoms with Gasteiger partial charge in [-0.3, -0.25) is 19.7 Å². The van der Waals surface area contributed by atoms with Gasteiger partial charge in [0.2, 0.25) is 0 Å². The van der Waals surface area contributed by atoms with E-state index in [0.717, 1.165) is 46.2 Å². The third kappa shape index (κ3) is 4.37. The monoisotopic (exact) mass is 528 g/mol. The minimum absolute atomic E-state index is 0.0931. The van der Waals surface area contributed by atoms with E-state index < -0.39 is 38.7 Å². The van der Waals surface area contributed by atoms with Crippen LogP contribution in [0.4, 0.5) is 18.9 Å². The van der Waals surface area contributed by atoms with Gasteiger partial charge in [0.1, 0.15) is 17.1 Å². The van der Waals surface area contributed by atoms with Gasteiger partial charge >= 0.3 is 11.0 Å². The molecule has 1 heterocycles. The lowest BCUT2D eigenvalue weighted by molar-refractivity contribution is -0.385. The molecule has 4 rings (SSSR count). The van der Waals surface area contributed by atoms with E-state index in [1.807, 2.05) is 0 Å². The maximum Gasteiger partial charge on any atom is 0.416 e. The number of hydrogen-bond acceptors (Lipinski definition) is 6. The zero-order valence-electron chi connectivity index (χ0n) is 16.4. The number of aromatic nitrogens is 1. The van der Waals surface area contributed by atoms with Gasteiger partial charge in [0.05, 0.1) is 30.7 Å². The average molecular weight is 529 g/mol. The summed E-state index contributed by atoms with van der Waals surface area (Å²) in [7, 11) is 0. The summed E-state index contributed by atoms with van der Waals surface area (Å²) in [5, 5.41) is 11.3. The SMILES string of the molecule is O=C(c1cc(Oc2ccc(C(F)(F)F)cc2Cl)ccc1[N+](=O)[O-])n1c(=O)sc2cccc(Cl)c21. The molecule has 0 N–H and O–H groups in total. The molecule has 0 saturated carbocycles. The molecule has 0 atom stereocenters. The molecule has 0 aliphatic carbocycles. The van der Waals surface area contributed by atoms with Gasteiger partial charge in [0.15, 0.2) is 0 Å². The molecule has 1 aromatic heterocycles. The van der Waals surface area contributed by atoms with Crippen molar-refractivity contribution in [1.29, 1.82) is 0 Å². The van der Waals surface area contributed by atoms with Gasteiger partial charge in [-0.05, 0) is 36.4 Å². The van der Waals surface area contributed by atoms with Crippen molar-refractivity contribution in [2.45, 2.75) is 6.18 Å². The number of nitrogens with zero attached hydrogens (tertiary/aromatic N) is 2. The first-order chi connectivity index (χ1) is 16.0. The number of nitro benzene ring substituents is 1. The molecular formula is C21H9Cl2F3N2O5S. The first-order valence-electron chi connectivity index (χ1n) is 9.15. The van der Waals surface area contributed by atoms with E-state index >= 15 is 0 Å². The van der Waals surface area contributed by atoms with Crippen LogP contribution in [-0.2, 0) is 6.18 Å². The maximum atomic E-state index is 13.2. The zero-order valence-corrected chi connectivity index (χ0v) is 18.8. The minimum atomic E-state index is -4.62. The molecule has 0 fully saturated rings. The predicted octanol–water partition coefficient (Wildman–Crippen LogP) is 6.78. The fraction of sp³-hybridized carbons (Fsp3) is 0.0476. The van der Waals surface area contributed by atoms with Gasteiger partial charge in [-0.25, -0.2) is 4.57 Å². The summed E-state index contributed by atoms with van der Waals surface area (Å²) in [4.78, 5) is 35.8. The molecule has 0 spiro atoms. The number of alkyl halides is 3. The summed E-state index contributed by atoms with van der Waals surface area (Å²) in [6, 6.07) is 10.1. The van der Waals surface area contributed by atoms with Crippen molar-refractivity contribution in [3.63, 3.8) is 0 Å². The highest BCUT2D eigenvalue weighted by Gasteiger charge is 2.31.